The van der Waals surface area contributed by atoms with Crippen LogP contribution in [-0.2, 0) is 0 Å². The Morgan fingerprint density at radius 2 is 1.88 bits per heavy atom. The monoisotopic (exact) mass is 238 g/mol. The first-order valence-corrected chi connectivity index (χ1v) is 6.27. The first-order chi connectivity index (χ1) is 8.06. The molecule has 0 bridgehead atoms. The molecular formula is C14H23FN2. The van der Waals surface area contributed by atoms with Crippen molar-refractivity contribution in [3.8, 4) is 0 Å². The maximum atomic E-state index is 12.9. The second-order valence-electron chi connectivity index (χ2n) is 4.69. The first kappa shape index (κ1) is 14.1. The van der Waals surface area contributed by atoms with E-state index >= 15 is 0 Å². The highest BCUT2D eigenvalue weighted by Gasteiger charge is 2.20. The molecule has 0 aromatic heterocycles. The van der Waals surface area contributed by atoms with E-state index in [1.54, 1.807) is 0 Å². The number of halogens is 1. The van der Waals surface area contributed by atoms with Crippen LogP contribution in [0.3, 0.4) is 0 Å². The summed E-state index contributed by atoms with van der Waals surface area (Å²) in [7, 11) is 2.08. The number of hydrogen-bond acceptors (Lipinski definition) is 2. The number of nitrogens with two attached hydrogens (primary N) is 1. The van der Waals surface area contributed by atoms with Gasteiger partial charge in [0.2, 0.25) is 0 Å². The minimum absolute atomic E-state index is 0.0299. The van der Waals surface area contributed by atoms with E-state index in [0.29, 0.717) is 0 Å². The molecule has 17 heavy (non-hydrogen) atoms. The SMILES string of the molecule is CCCCN(C)C(c1ccc(F)cc1)C(C)N. The van der Waals surface area contributed by atoms with Gasteiger partial charge >= 0.3 is 0 Å². The van der Waals surface area contributed by atoms with E-state index in [0.717, 1.165) is 18.5 Å². The van der Waals surface area contributed by atoms with Crippen LogP contribution in [0.2, 0.25) is 0 Å². The van der Waals surface area contributed by atoms with Crippen molar-refractivity contribution in [2.45, 2.75) is 38.8 Å². The molecule has 96 valence electrons. The van der Waals surface area contributed by atoms with Crippen molar-refractivity contribution in [3.63, 3.8) is 0 Å². The number of likely N-dealkylation sites (N-methyl/N-ethyl adjacent to an activating group) is 1. The summed E-state index contributed by atoms with van der Waals surface area (Å²) in [4.78, 5) is 2.25. The molecule has 0 amide bonds. The lowest BCUT2D eigenvalue weighted by atomic mass is 9.99. The maximum absolute atomic E-state index is 12.9. The van der Waals surface area contributed by atoms with Gasteiger partial charge in [0.05, 0.1) is 0 Å². The van der Waals surface area contributed by atoms with Crippen LogP contribution in [-0.4, -0.2) is 24.5 Å². The van der Waals surface area contributed by atoms with Crippen molar-refractivity contribution in [1.29, 1.82) is 0 Å². The zero-order valence-electron chi connectivity index (χ0n) is 11.0. The van der Waals surface area contributed by atoms with Crippen LogP contribution in [0.4, 0.5) is 4.39 Å². The largest absolute Gasteiger partial charge is 0.326 e. The van der Waals surface area contributed by atoms with Crippen LogP contribution < -0.4 is 5.73 Å². The smallest absolute Gasteiger partial charge is 0.123 e. The number of hydrogen-bond donors (Lipinski definition) is 1. The fraction of sp³-hybridized carbons (Fsp3) is 0.571. The molecule has 2 unspecified atom stereocenters. The fourth-order valence-corrected chi connectivity index (χ4v) is 2.17. The molecule has 3 heteroatoms. The van der Waals surface area contributed by atoms with Crippen LogP contribution >= 0.6 is 0 Å². The second-order valence-corrected chi connectivity index (χ2v) is 4.69. The Hall–Kier alpha value is -0.930. The maximum Gasteiger partial charge on any atom is 0.123 e. The summed E-state index contributed by atoms with van der Waals surface area (Å²) in [6.07, 6.45) is 2.32. The van der Waals surface area contributed by atoms with Gasteiger partial charge in [0.15, 0.2) is 0 Å². The molecule has 0 heterocycles. The van der Waals surface area contributed by atoms with Gasteiger partial charge in [-0.25, -0.2) is 4.39 Å². The standard InChI is InChI=1S/C14H23FN2/c1-4-5-10-17(3)14(11(2)16)12-6-8-13(15)9-7-12/h6-9,11,14H,4-5,10,16H2,1-3H3. The molecule has 0 aliphatic carbocycles. The number of nitrogens with zero attached hydrogens (tertiary/aromatic N) is 1. The van der Waals surface area contributed by atoms with Crippen LogP contribution in [0.5, 0.6) is 0 Å². The molecule has 2 nitrogen and oxygen atoms in total. The molecular weight excluding hydrogens is 215 g/mol. The molecule has 0 aliphatic heterocycles. The van der Waals surface area contributed by atoms with Gasteiger partial charge in [0.1, 0.15) is 5.82 Å². The highest BCUT2D eigenvalue weighted by atomic mass is 19.1. The van der Waals surface area contributed by atoms with E-state index in [9.17, 15) is 4.39 Å². The Labute approximate surface area is 104 Å². The summed E-state index contributed by atoms with van der Waals surface area (Å²) in [6, 6.07) is 6.83. The summed E-state index contributed by atoms with van der Waals surface area (Å²) < 4.78 is 12.9. The molecule has 0 saturated heterocycles. The average Bonchev–Trinajstić information content (AvgIpc) is 2.29. The van der Waals surface area contributed by atoms with Gasteiger partial charge in [-0.3, -0.25) is 4.90 Å². The van der Waals surface area contributed by atoms with Gasteiger partial charge in [-0.05, 0) is 44.6 Å². The van der Waals surface area contributed by atoms with Crippen LogP contribution in [0.25, 0.3) is 0 Å². The molecule has 1 rings (SSSR count). The Morgan fingerprint density at radius 1 is 1.29 bits per heavy atom. The van der Waals surface area contributed by atoms with Gasteiger partial charge in [-0.2, -0.15) is 0 Å². The van der Waals surface area contributed by atoms with Crippen LogP contribution in [0, 0.1) is 5.82 Å². The van der Waals surface area contributed by atoms with E-state index < -0.39 is 0 Å². The van der Waals surface area contributed by atoms with E-state index in [1.165, 1.54) is 18.6 Å². The third-order valence-electron chi connectivity index (χ3n) is 3.05. The third-order valence-corrected chi connectivity index (χ3v) is 3.05. The van der Waals surface area contributed by atoms with Gasteiger partial charge < -0.3 is 5.73 Å². The zero-order chi connectivity index (χ0) is 12.8. The van der Waals surface area contributed by atoms with E-state index in [1.807, 2.05) is 19.1 Å². The number of unbranched alkanes of at least 4 members (excludes halogenated alkanes) is 1. The number of rotatable bonds is 6. The minimum atomic E-state index is -0.201. The molecule has 0 fully saturated rings. The Morgan fingerprint density at radius 3 is 2.35 bits per heavy atom. The van der Waals surface area contributed by atoms with Crippen molar-refractivity contribution in [1.82, 2.24) is 4.90 Å². The van der Waals surface area contributed by atoms with Crippen molar-refractivity contribution in [2.24, 2.45) is 5.73 Å². The normalized spacial score (nSPS) is 14.9. The third kappa shape index (κ3) is 4.10. The van der Waals surface area contributed by atoms with Gasteiger partial charge in [0, 0.05) is 12.1 Å². The van der Waals surface area contributed by atoms with Crippen molar-refractivity contribution < 1.29 is 4.39 Å². The predicted octanol–water partition coefficient (Wildman–Crippen LogP) is 2.95. The second kappa shape index (κ2) is 6.72. The fourth-order valence-electron chi connectivity index (χ4n) is 2.17. The average molecular weight is 238 g/mol. The lowest BCUT2D eigenvalue weighted by Gasteiger charge is -2.31. The Bertz CT molecular complexity index is 321. The molecule has 1 aromatic rings. The van der Waals surface area contributed by atoms with Crippen LogP contribution in [0.15, 0.2) is 24.3 Å². The van der Waals surface area contributed by atoms with Gasteiger partial charge in [0.25, 0.3) is 0 Å². The minimum Gasteiger partial charge on any atom is -0.326 e. The van der Waals surface area contributed by atoms with E-state index in [4.69, 9.17) is 5.73 Å². The Balaban J connectivity index is 2.81. The molecule has 0 aliphatic rings. The topological polar surface area (TPSA) is 29.3 Å². The van der Waals surface area contributed by atoms with Crippen molar-refractivity contribution in [2.75, 3.05) is 13.6 Å². The molecule has 2 atom stereocenters. The zero-order valence-corrected chi connectivity index (χ0v) is 11.0. The highest BCUT2D eigenvalue weighted by Crippen LogP contribution is 2.22. The molecule has 1 aromatic carbocycles. The van der Waals surface area contributed by atoms with Crippen molar-refractivity contribution in [3.05, 3.63) is 35.6 Å². The summed E-state index contributed by atoms with van der Waals surface area (Å²) in [6.45, 7) is 5.18. The lowest BCUT2D eigenvalue weighted by Crippen LogP contribution is -2.37. The lowest BCUT2D eigenvalue weighted by molar-refractivity contribution is 0.216. The summed E-state index contributed by atoms with van der Waals surface area (Å²) >= 11 is 0. The first-order valence-electron chi connectivity index (χ1n) is 6.27. The summed E-state index contributed by atoms with van der Waals surface area (Å²) in [5.41, 5.74) is 7.13. The summed E-state index contributed by atoms with van der Waals surface area (Å²) in [5, 5.41) is 0. The van der Waals surface area contributed by atoms with Crippen molar-refractivity contribution >= 4 is 0 Å². The summed E-state index contributed by atoms with van der Waals surface area (Å²) in [5.74, 6) is -0.201. The van der Waals surface area contributed by atoms with E-state index in [2.05, 4.69) is 18.9 Å². The van der Waals surface area contributed by atoms with Gasteiger partial charge in [-0.15, -0.1) is 0 Å². The molecule has 0 saturated carbocycles. The van der Waals surface area contributed by atoms with Gasteiger partial charge in [-0.1, -0.05) is 25.5 Å². The Kier molecular flexibility index (Phi) is 5.59. The highest BCUT2D eigenvalue weighted by molar-refractivity contribution is 5.21. The molecule has 0 spiro atoms. The molecule has 0 radical (unpaired) electrons. The quantitative estimate of drug-likeness (QED) is 0.825. The number of benzene rings is 1. The predicted molar refractivity (Wildman–Crippen MR) is 70.3 cm³/mol. The van der Waals surface area contributed by atoms with E-state index in [-0.39, 0.29) is 17.9 Å². The van der Waals surface area contributed by atoms with Crippen LogP contribution in [0.1, 0.15) is 38.3 Å². The molecule has 2 N–H and O–H groups in total.